The summed E-state index contributed by atoms with van der Waals surface area (Å²) in [4.78, 5) is 39.6. The fraction of sp³-hybridized carbons (Fsp3) is 0.129. The Kier molecular flexibility index (Phi) is 6.56. The van der Waals surface area contributed by atoms with Gasteiger partial charge in [-0.25, -0.2) is 9.36 Å². The Morgan fingerprint density at radius 1 is 0.757 bits per heavy atom. The molecule has 0 aliphatic carbocycles. The van der Waals surface area contributed by atoms with Gasteiger partial charge in [-0.15, -0.1) is 0 Å². The van der Waals surface area contributed by atoms with Gasteiger partial charge in [0.15, 0.2) is 0 Å². The van der Waals surface area contributed by atoms with E-state index in [-0.39, 0.29) is 17.9 Å². The molecule has 0 aliphatic heterocycles. The lowest BCUT2D eigenvalue weighted by molar-refractivity contribution is -0.115. The standard InChI is InChI=1S/C31H27N3O3/c1-21-7-5-9-24(17-21)20-33-28-12-4-3-11-27(28)30(36)34(31(33)37)26-15-13-23(14-16-26)19-29(35)32-25-10-6-8-22(2)18-25/h3-18H,19-20H2,1-2H3,(H,32,35). The molecule has 6 heteroatoms. The van der Waals surface area contributed by atoms with Crippen LogP contribution >= 0.6 is 0 Å². The Balaban J connectivity index is 1.48. The molecule has 6 nitrogen and oxygen atoms in total. The van der Waals surface area contributed by atoms with Crippen LogP contribution in [0.3, 0.4) is 0 Å². The molecule has 1 N–H and O–H groups in total. The third-order valence-corrected chi connectivity index (χ3v) is 6.33. The zero-order valence-corrected chi connectivity index (χ0v) is 20.8. The first-order valence-corrected chi connectivity index (χ1v) is 12.1. The number of fused-ring (bicyclic) bond motifs is 1. The number of aryl methyl sites for hydroxylation is 2. The number of nitrogens with zero attached hydrogens (tertiary/aromatic N) is 2. The minimum atomic E-state index is -0.407. The second-order valence-electron chi connectivity index (χ2n) is 9.28. The first kappa shape index (κ1) is 24.0. The van der Waals surface area contributed by atoms with Gasteiger partial charge in [-0.1, -0.05) is 66.2 Å². The topological polar surface area (TPSA) is 73.1 Å². The smallest absolute Gasteiger partial charge is 0.326 e. The van der Waals surface area contributed by atoms with Gasteiger partial charge < -0.3 is 5.32 Å². The molecule has 1 heterocycles. The van der Waals surface area contributed by atoms with E-state index in [1.54, 1.807) is 47.0 Å². The highest BCUT2D eigenvalue weighted by molar-refractivity contribution is 5.92. The molecule has 0 saturated heterocycles. The van der Waals surface area contributed by atoms with Crippen molar-refractivity contribution in [2.24, 2.45) is 0 Å². The van der Waals surface area contributed by atoms with Crippen molar-refractivity contribution in [3.8, 4) is 5.69 Å². The molecular formula is C31H27N3O3. The van der Waals surface area contributed by atoms with Gasteiger partial charge in [-0.2, -0.15) is 0 Å². The van der Waals surface area contributed by atoms with Crippen LogP contribution in [0.2, 0.25) is 0 Å². The highest BCUT2D eigenvalue weighted by Crippen LogP contribution is 2.15. The zero-order valence-electron chi connectivity index (χ0n) is 20.8. The summed E-state index contributed by atoms with van der Waals surface area (Å²) in [5.74, 6) is -0.137. The van der Waals surface area contributed by atoms with Gasteiger partial charge in [-0.05, 0) is 66.9 Å². The summed E-state index contributed by atoms with van der Waals surface area (Å²) in [6.45, 7) is 4.32. The van der Waals surface area contributed by atoms with Gasteiger partial charge >= 0.3 is 5.69 Å². The van der Waals surface area contributed by atoms with Crippen LogP contribution in [0, 0.1) is 13.8 Å². The fourth-order valence-electron chi connectivity index (χ4n) is 4.57. The van der Waals surface area contributed by atoms with E-state index in [4.69, 9.17) is 0 Å². The summed E-state index contributed by atoms with van der Waals surface area (Å²) >= 11 is 0. The maximum atomic E-state index is 13.6. The molecule has 5 aromatic rings. The molecule has 0 radical (unpaired) electrons. The Labute approximate surface area is 214 Å². The molecule has 184 valence electrons. The summed E-state index contributed by atoms with van der Waals surface area (Å²) < 4.78 is 2.84. The monoisotopic (exact) mass is 489 g/mol. The second-order valence-corrected chi connectivity index (χ2v) is 9.28. The van der Waals surface area contributed by atoms with Crippen molar-refractivity contribution in [1.82, 2.24) is 9.13 Å². The molecule has 0 unspecified atom stereocenters. The van der Waals surface area contributed by atoms with Crippen molar-refractivity contribution in [3.05, 3.63) is 140 Å². The highest BCUT2D eigenvalue weighted by Gasteiger charge is 2.15. The summed E-state index contributed by atoms with van der Waals surface area (Å²) in [5, 5.41) is 3.37. The van der Waals surface area contributed by atoms with E-state index in [0.29, 0.717) is 23.1 Å². The molecule has 0 bridgehead atoms. The van der Waals surface area contributed by atoms with Crippen LogP contribution in [-0.4, -0.2) is 15.0 Å². The van der Waals surface area contributed by atoms with E-state index in [0.717, 1.165) is 27.9 Å². The fourth-order valence-corrected chi connectivity index (χ4v) is 4.57. The Morgan fingerprint density at radius 3 is 2.19 bits per heavy atom. The second kappa shape index (κ2) is 10.1. The van der Waals surface area contributed by atoms with Gasteiger partial charge in [0.25, 0.3) is 5.56 Å². The van der Waals surface area contributed by atoms with E-state index in [1.807, 2.05) is 68.4 Å². The van der Waals surface area contributed by atoms with E-state index >= 15 is 0 Å². The Bertz CT molecular complexity index is 1730. The van der Waals surface area contributed by atoms with E-state index in [2.05, 4.69) is 5.32 Å². The molecule has 37 heavy (non-hydrogen) atoms. The van der Waals surface area contributed by atoms with E-state index in [1.165, 1.54) is 4.57 Å². The van der Waals surface area contributed by atoms with Crippen LogP contribution in [0.4, 0.5) is 5.69 Å². The molecule has 0 aliphatic rings. The molecular weight excluding hydrogens is 462 g/mol. The number of hydrogen-bond donors (Lipinski definition) is 1. The molecule has 0 spiro atoms. The summed E-state index contributed by atoms with van der Waals surface area (Å²) in [5.41, 5.74) is 4.96. The van der Waals surface area contributed by atoms with Crippen LogP contribution in [0.15, 0.2) is 107 Å². The molecule has 5 rings (SSSR count). The third-order valence-electron chi connectivity index (χ3n) is 6.33. The summed E-state index contributed by atoms with van der Waals surface area (Å²) in [7, 11) is 0. The molecule has 4 aromatic carbocycles. The number of amides is 1. The van der Waals surface area contributed by atoms with Crippen LogP contribution in [0.25, 0.3) is 16.6 Å². The first-order valence-electron chi connectivity index (χ1n) is 12.1. The first-order chi connectivity index (χ1) is 17.9. The number of benzene rings is 4. The molecule has 1 amide bonds. The third kappa shape index (κ3) is 5.14. The lowest BCUT2D eigenvalue weighted by Gasteiger charge is -2.15. The molecule has 0 atom stereocenters. The number of carbonyl (C=O) groups excluding carboxylic acids is 1. The SMILES string of the molecule is Cc1cccc(Cn2c(=O)n(-c3ccc(CC(=O)Nc4cccc(C)c4)cc3)c(=O)c3ccccc32)c1. The average Bonchev–Trinajstić information content (AvgIpc) is 2.88. The summed E-state index contributed by atoms with van der Waals surface area (Å²) in [6.07, 6.45) is 0.179. The minimum Gasteiger partial charge on any atom is -0.326 e. The van der Waals surface area contributed by atoms with E-state index < -0.39 is 5.69 Å². The number of nitrogens with one attached hydrogen (secondary N) is 1. The van der Waals surface area contributed by atoms with Gasteiger partial charge in [0.2, 0.25) is 5.91 Å². The Morgan fingerprint density at radius 2 is 1.46 bits per heavy atom. The number of carbonyl (C=O) groups is 1. The average molecular weight is 490 g/mol. The van der Waals surface area contributed by atoms with Crippen LogP contribution < -0.4 is 16.6 Å². The molecule has 0 fully saturated rings. The quantitative estimate of drug-likeness (QED) is 0.365. The number of rotatable bonds is 6. The zero-order chi connectivity index (χ0) is 25.9. The maximum absolute atomic E-state index is 13.6. The minimum absolute atomic E-state index is 0.137. The van der Waals surface area contributed by atoms with Crippen LogP contribution in [0.1, 0.15) is 22.3 Å². The van der Waals surface area contributed by atoms with Crippen molar-refractivity contribution in [2.75, 3.05) is 5.32 Å². The molecule has 1 aromatic heterocycles. The van der Waals surface area contributed by atoms with Gasteiger partial charge in [-0.3, -0.25) is 14.2 Å². The number of para-hydroxylation sites is 1. The predicted molar refractivity (Wildman–Crippen MR) is 148 cm³/mol. The van der Waals surface area contributed by atoms with Crippen molar-refractivity contribution < 1.29 is 4.79 Å². The highest BCUT2D eigenvalue weighted by atomic mass is 16.2. The number of hydrogen-bond acceptors (Lipinski definition) is 3. The maximum Gasteiger partial charge on any atom is 0.336 e. The number of anilines is 1. The molecule has 0 saturated carbocycles. The largest absolute Gasteiger partial charge is 0.336 e. The van der Waals surface area contributed by atoms with Crippen molar-refractivity contribution in [2.45, 2.75) is 26.8 Å². The van der Waals surface area contributed by atoms with Crippen molar-refractivity contribution in [1.29, 1.82) is 0 Å². The van der Waals surface area contributed by atoms with Crippen molar-refractivity contribution >= 4 is 22.5 Å². The van der Waals surface area contributed by atoms with Crippen LogP contribution in [-0.2, 0) is 17.8 Å². The lowest BCUT2D eigenvalue weighted by atomic mass is 10.1. The van der Waals surface area contributed by atoms with E-state index in [9.17, 15) is 14.4 Å². The van der Waals surface area contributed by atoms with Gasteiger partial charge in [0.1, 0.15) is 0 Å². The Hall–Kier alpha value is -4.71. The van der Waals surface area contributed by atoms with Gasteiger partial charge in [0, 0.05) is 5.69 Å². The van der Waals surface area contributed by atoms with Crippen LogP contribution in [0.5, 0.6) is 0 Å². The number of aromatic nitrogens is 2. The predicted octanol–water partition coefficient (Wildman–Crippen LogP) is 5.00. The lowest BCUT2D eigenvalue weighted by Crippen LogP contribution is -2.39. The van der Waals surface area contributed by atoms with Gasteiger partial charge in [0.05, 0.1) is 29.6 Å². The van der Waals surface area contributed by atoms with Crippen molar-refractivity contribution in [3.63, 3.8) is 0 Å². The normalized spacial score (nSPS) is 11.0. The summed E-state index contributed by atoms with van der Waals surface area (Å²) in [6, 6.07) is 29.7.